The molecule has 9 heteroatoms. The van der Waals surface area contributed by atoms with E-state index in [0.29, 0.717) is 36.5 Å². The number of carbonyl (C=O) groups excluding carboxylic acids is 1. The van der Waals surface area contributed by atoms with Crippen molar-refractivity contribution in [3.05, 3.63) is 77.0 Å². The second-order valence-corrected chi connectivity index (χ2v) is 13.5. The molecule has 0 spiro atoms. The van der Waals surface area contributed by atoms with Gasteiger partial charge in [-0.05, 0) is 96.0 Å². The molecular weight excluding hydrogens is 551 g/mol. The smallest absolute Gasteiger partial charge is 0.273 e. The first kappa shape index (κ1) is 29.5. The number of benzene rings is 1. The first-order valence-electron chi connectivity index (χ1n) is 14.0. The van der Waals surface area contributed by atoms with E-state index in [1.165, 1.54) is 6.07 Å². The lowest BCUT2D eigenvalue weighted by Crippen LogP contribution is -2.61. The van der Waals surface area contributed by atoms with Gasteiger partial charge in [-0.3, -0.25) is 4.79 Å². The molecular formula is C33H36ClFN6O. The average molecular weight is 587 g/mol. The number of fused-ring (bicyclic) bond motifs is 1. The summed E-state index contributed by atoms with van der Waals surface area (Å²) in [5.74, 6) is 0.169. The molecule has 4 aromatic rings. The van der Waals surface area contributed by atoms with E-state index in [0.717, 1.165) is 22.3 Å². The maximum absolute atomic E-state index is 14.4. The summed E-state index contributed by atoms with van der Waals surface area (Å²) >= 11 is 5.94. The molecule has 218 valence electrons. The van der Waals surface area contributed by atoms with E-state index in [-0.39, 0.29) is 16.5 Å². The number of nitrogens with zero attached hydrogens (tertiary/aromatic N) is 6. The fourth-order valence-corrected chi connectivity index (χ4v) is 5.65. The minimum absolute atomic E-state index is 0.0709. The molecule has 1 aliphatic heterocycles. The molecule has 0 bridgehead atoms. The Morgan fingerprint density at radius 3 is 2.45 bits per heavy atom. The van der Waals surface area contributed by atoms with Gasteiger partial charge in [-0.15, -0.1) is 0 Å². The molecule has 0 saturated carbocycles. The van der Waals surface area contributed by atoms with E-state index >= 15 is 0 Å². The van der Waals surface area contributed by atoms with Crippen LogP contribution in [0.1, 0.15) is 64.5 Å². The van der Waals surface area contributed by atoms with Crippen LogP contribution in [0.15, 0.2) is 54.9 Å². The molecule has 1 fully saturated rings. The van der Waals surface area contributed by atoms with Crippen LogP contribution in [0, 0.1) is 17.1 Å². The molecule has 0 atom stereocenters. The van der Waals surface area contributed by atoms with Crippen molar-refractivity contribution in [3.8, 4) is 17.2 Å². The van der Waals surface area contributed by atoms with Gasteiger partial charge in [0.2, 0.25) is 0 Å². The van der Waals surface area contributed by atoms with Gasteiger partial charge in [0.1, 0.15) is 23.0 Å². The van der Waals surface area contributed by atoms with E-state index in [1.807, 2.05) is 61.6 Å². The van der Waals surface area contributed by atoms with E-state index in [1.54, 1.807) is 24.4 Å². The predicted molar refractivity (Wildman–Crippen MR) is 165 cm³/mol. The van der Waals surface area contributed by atoms with Crippen LogP contribution in [0.4, 0.5) is 10.2 Å². The number of aromatic nitrogens is 3. The highest BCUT2D eigenvalue weighted by atomic mass is 35.5. The van der Waals surface area contributed by atoms with Crippen LogP contribution >= 0.6 is 11.6 Å². The van der Waals surface area contributed by atoms with Crippen LogP contribution in [-0.4, -0.2) is 50.5 Å². The van der Waals surface area contributed by atoms with E-state index in [4.69, 9.17) is 16.6 Å². The molecule has 5 rings (SSSR count). The number of nitriles is 1. The van der Waals surface area contributed by atoms with Crippen molar-refractivity contribution in [1.29, 1.82) is 5.26 Å². The molecule has 42 heavy (non-hydrogen) atoms. The van der Waals surface area contributed by atoms with Crippen LogP contribution in [0.2, 0.25) is 5.02 Å². The zero-order chi connectivity index (χ0) is 30.6. The van der Waals surface area contributed by atoms with Gasteiger partial charge in [-0.25, -0.2) is 14.4 Å². The molecule has 1 aromatic carbocycles. The highest BCUT2D eigenvalue weighted by molar-refractivity contribution is 6.30. The second-order valence-electron chi connectivity index (χ2n) is 13.1. The molecule has 4 heterocycles. The quantitative estimate of drug-likeness (QED) is 0.253. The lowest BCUT2D eigenvalue weighted by atomic mass is 9.87. The first-order chi connectivity index (χ1) is 19.6. The van der Waals surface area contributed by atoms with Crippen LogP contribution in [0.25, 0.3) is 22.2 Å². The Morgan fingerprint density at radius 1 is 1.07 bits per heavy atom. The summed E-state index contributed by atoms with van der Waals surface area (Å²) in [6.45, 7) is 15.8. The molecule has 1 amide bonds. The summed E-state index contributed by atoms with van der Waals surface area (Å²) < 4.78 is 16.4. The maximum atomic E-state index is 14.4. The second kappa shape index (κ2) is 10.4. The third-order valence-electron chi connectivity index (χ3n) is 8.04. The molecule has 0 radical (unpaired) electrons. The van der Waals surface area contributed by atoms with Gasteiger partial charge in [0.25, 0.3) is 5.91 Å². The fourth-order valence-electron chi connectivity index (χ4n) is 5.54. The Hall–Kier alpha value is -3.96. The Morgan fingerprint density at radius 2 is 1.81 bits per heavy atom. The summed E-state index contributed by atoms with van der Waals surface area (Å²) in [4.78, 5) is 27.5. The van der Waals surface area contributed by atoms with E-state index in [2.05, 4.69) is 36.7 Å². The van der Waals surface area contributed by atoms with Crippen molar-refractivity contribution in [1.82, 2.24) is 19.4 Å². The summed E-state index contributed by atoms with van der Waals surface area (Å²) in [6, 6.07) is 14.6. The summed E-state index contributed by atoms with van der Waals surface area (Å²) in [7, 11) is 0. The Kier molecular flexibility index (Phi) is 7.31. The minimum Gasteiger partial charge on any atom is -0.353 e. The molecule has 0 aliphatic carbocycles. The van der Waals surface area contributed by atoms with Crippen LogP contribution in [-0.2, 0) is 11.0 Å². The number of halogens is 2. The van der Waals surface area contributed by atoms with Gasteiger partial charge in [0, 0.05) is 48.5 Å². The SMILES string of the molecule is CC(C)(C#N)c1ccnc(N2CCN(C(=O)c3ccc4c(-c5ccc(Cl)c(F)c5)cn(C(C)(C)C)c4n3)C(C)(C)C2)c1. The minimum atomic E-state index is -0.623. The van der Waals surface area contributed by atoms with Crippen molar-refractivity contribution >= 4 is 34.4 Å². The monoisotopic (exact) mass is 586 g/mol. The molecule has 1 saturated heterocycles. The van der Waals surface area contributed by atoms with Gasteiger partial charge in [0.05, 0.1) is 22.0 Å². The Balaban J connectivity index is 1.46. The van der Waals surface area contributed by atoms with Gasteiger partial charge < -0.3 is 14.4 Å². The maximum Gasteiger partial charge on any atom is 0.273 e. The van der Waals surface area contributed by atoms with Crippen molar-refractivity contribution in [2.75, 3.05) is 24.5 Å². The Labute approximate surface area is 251 Å². The highest BCUT2D eigenvalue weighted by Gasteiger charge is 2.38. The summed E-state index contributed by atoms with van der Waals surface area (Å²) in [6.07, 6.45) is 3.70. The highest BCUT2D eigenvalue weighted by Crippen LogP contribution is 2.36. The third-order valence-corrected chi connectivity index (χ3v) is 8.35. The number of piperazine rings is 1. The van der Waals surface area contributed by atoms with Gasteiger partial charge in [-0.1, -0.05) is 17.7 Å². The van der Waals surface area contributed by atoms with Crippen molar-refractivity contribution in [2.24, 2.45) is 0 Å². The van der Waals surface area contributed by atoms with Crippen LogP contribution in [0.3, 0.4) is 0 Å². The third kappa shape index (κ3) is 5.34. The van der Waals surface area contributed by atoms with Crippen molar-refractivity contribution in [2.45, 2.75) is 65.0 Å². The number of carbonyl (C=O) groups is 1. The van der Waals surface area contributed by atoms with E-state index < -0.39 is 16.8 Å². The van der Waals surface area contributed by atoms with Crippen molar-refractivity contribution < 1.29 is 9.18 Å². The zero-order valence-electron chi connectivity index (χ0n) is 25.2. The van der Waals surface area contributed by atoms with Crippen molar-refractivity contribution in [3.63, 3.8) is 0 Å². The van der Waals surface area contributed by atoms with Crippen LogP contribution in [0.5, 0.6) is 0 Å². The fraction of sp³-hybridized carbons (Fsp3) is 0.394. The molecule has 0 N–H and O–H groups in total. The topological polar surface area (TPSA) is 78.0 Å². The normalized spacial score (nSPS) is 15.6. The van der Waals surface area contributed by atoms with Crippen LogP contribution < -0.4 is 4.90 Å². The number of amides is 1. The molecule has 7 nitrogen and oxygen atoms in total. The molecule has 1 aliphatic rings. The number of rotatable bonds is 4. The first-order valence-corrected chi connectivity index (χ1v) is 14.4. The standard InChI is InChI=1S/C33H36ClFN6O/c1-31(2,3)41-18-24(21-8-10-25(34)26(35)16-21)23-9-11-27(38-29(23)41)30(42)40-15-14-39(20-33(40,6)7)28-17-22(12-13-37-28)32(4,5)19-36/h8-13,16-18H,14-15,20H2,1-7H3. The number of hydrogen-bond acceptors (Lipinski definition) is 5. The number of hydrogen-bond donors (Lipinski definition) is 0. The predicted octanol–water partition coefficient (Wildman–Crippen LogP) is 7.19. The van der Waals surface area contributed by atoms with Gasteiger partial charge in [-0.2, -0.15) is 5.26 Å². The lowest BCUT2D eigenvalue weighted by Gasteiger charge is -2.47. The summed E-state index contributed by atoms with van der Waals surface area (Å²) in [5.41, 5.74) is 1.99. The zero-order valence-corrected chi connectivity index (χ0v) is 25.9. The molecule has 3 aromatic heterocycles. The number of anilines is 1. The lowest BCUT2D eigenvalue weighted by molar-refractivity contribution is 0.0508. The Bertz CT molecular complexity index is 1730. The average Bonchev–Trinajstić information content (AvgIpc) is 3.33. The van der Waals surface area contributed by atoms with Gasteiger partial charge in [0.15, 0.2) is 0 Å². The molecule has 0 unspecified atom stereocenters. The van der Waals surface area contributed by atoms with E-state index in [9.17, 15) is 14.4 Å². The van der Waals surface area contributed by atoms with Gasteiger partial charge >= 0.3 is 0 Å². The summed E-state index contributed by atoms with van der Waals surface area (Å²) in [5, 5.41) is 10.5. The number of pyridine rings is 2. The largest absolute Gasteiger partial charge is 0.353 e.